The average molecular weight is 328 g/mol. The minimum absolute atomic E-state index is 0.318. The zero-order valence-corrected chi connectivity index (χ0v) is 13.3. The van der Waals surface area contributed by atoms with Crippen molar-refractivity contribution >= 4 is 21.7 Å². The van der Waals surface area contributed by atoms with Gasteiger partial charge in [0.1, 0.15) is 5.78 Å². The van der Waals surface area contributed by atoms with Crippen LogP contribution in [0.15, 0.2) is 4.47 Å². The van der Waals surface area contributed by atoms with Gasteiger partial charge in [-0.25, -0.2) is 0 Å². The zero-order valence-electron chi connectivity index (χ0n) is 11.7. The molecule has 2 heterocycles. The summed E-state index contributed by atoms with van der Waals surface area (Å²) in [5, 5.41) is 7.77. The van der Waals surface area contributed by atoms with Gasteiger partial charge in [-0.2, -0.15) is 5.10 Å². The molecule has 0 amide bonds. The van der Waals surface area contributed by atoms with Crippen LogP contribution in [0, 0.1) is 5.92 Å². The lowest BCUT2D eigenvalue weighted by Crippen LogP contribution is -2.12. The predicted octanol–water partition coefficient (Wildman–Crippen LogP) is 2.25. The molecule has 1 aliphatic heterocycles. The Labute approximate surface area is 123 Å². The van der Waals surface area contributed by atoms with Gasteiger partial charge < -0.3 is 5.32 Å². The Morgan fingerprint density at radius 2 is 2.37 bits per heavy atom. The number of carbonyl (C=O) groups excluding carboxylic acids is 1. The predicted molar refractivity (Wildman–Crippen MR) is 79.2 cm³/mol. The number of ketones is 1. The highest BCUT2D eigenvalue weighted by molar-refractivity contribution is 9.10. The first-order chi connectivity index (χ1) is 9.11. The van der Waals surface area contributed by atoms with Crippen LogP contribution in [0.2, 0.25) is 0 Å². The van der Waals surface area contributed by atoms with E-state index in [9.17, 15) is 4.79 Å². The van der Waals surface area contributed by atoms with Crippen molar-refractivity contribution in [2.45, 2.75) is 39.0 Å². The maximum Gasteiger partial charge on any atom is 0.138 e. The first-order valence-electron chi connectivity index (χ1n) is 7.04. The van der Waals surface area contributed by atoms with Crippen molar-refractivity contribution in [1.82, 2.24) is 15.1 Å². The van der Waals surface area contributed by atoms with E-state index in [1.165, 1.54) is 6.42 Å². The van der Waals surface area contributed by atoms with Gasteiger partial charge in [0.25, 0.3) is 0 Å². The Kier molecular flexibility index (Phi) is 5.16. The summed E-state index contributed by atoms with van der Waals surface area (Å²) in [5.41, 5.74) is 2.04. The molecular weight excluding hydrogens is 306 g/mol. The Morgan fingerprint density at radius 3 is 2.95 bits per heavy atom. The van der Waals surface area contributed by atoms with Crippen LogP contribution < -0.4 is 5.32 Å². The summed E-state index contributed by atoms with van der Waals surface area (Å²) in [4.78, 5) is 12.1. The van der Waals surface area contributed by atoms with Gasteiger partial charge >= 0.3 is 0 Å². The molecule has 1 unspecified atom stereocenters. The molecule has 0 aromatic carbocycles. The quantitative estimate of drug-likeness (QED) is 0.871. The molecule has 0 saturated carbocycles. The normalized spacial score (nSPS) is 19.0. The van der Waals surface area contributed by atoms with Gasteiger partial charge in [-0.05, 0) is 54.2 Å². The average Bonchev–Trinajstić information content (AvgIpc) is 2.99. The van der Waals surface area contributed by atoms with Crippen LogP contribution in [0.4, 0.5) is 0 Å². The van der Waals surface area contributed by atoms with Crippen molar-refractivity contribution in [1.29, 1.82) is 0 Å². The lowest BCUT2D eigenvalue weighted by atomic mass is 9.99. The van der Waals surface area contributed by atoms with Crippen LogP contribution in [0.1, 0.15) is 37.6 Å². The highest BCUT2D eigenvalue weighted by Crippen LogP contribution is 2.23. The highest BCUT2D eigenvalue weighted by atomic mass is 79.9. The van der Waals surface area contributed by atoms with Crippen molar-refractivity contribution in [2.24, 2.45) is 13.0 Å². The molecule has 1 aromatic heterocycles. The number of aromatic nitrogens is 2. The van der Waals surface area contributed by atoms with Crippen LogP contribution in [-0.2, 0) is 24.7 Å². The number of Topliss-reactive ketones (excluding diaryl/α,β-unsaturated/α-hetero) is 1. The van der Waals surface area contributed by atoms with Crippen molar-refractivity contribution in [2.75, 3.05) is 13.1 Å². The summed E-state index contributed by atoms with van der Waals surface area (Å²) in [6, 6.07) is 0. The molecule has 19 heavy (non-hydrogen) atoms. The van der Waals surface area contributed by atoms with Gasteiger partial charge in [0.2, 0.25) is 0 Å². The Hall–Kier alpha value is -0.680. The van der Waals surface area contributed by atoms with E-state index >= 15 is 0 Å². The number of hydrogen-bond acceptors (Lipinski definition) is 3. The number of carbonyl (C=O) groups is 1. The van der Waals surface area contributed by atoms with Crippen LogP contribution in [0.3, 0.4) is 0 Å². The third kappa shape index (κ3) is 3.66. The number of halogens is 1. The molecule has 106 valence electrons. The topological polar surface area (TPSA) is 46.9 Å². The van der Waals surface area contributed by atoms with Gasteiger partial charge in [-0.1, -0.05) is 6.92 Å². The molecule has 5 heteroatoms. The molecule has 0 aliphatic carbocycles. The summed E-state index contributed by atoms with van der Waals surface area (Å²) in [6.45, 7) is 4.25. The Morgan fingerprint density at radius 1 is 1.58 bits per heavy atom. The summed E-state index contributed by atoms with van der Waals surface area (Å²) in [6.07, 6.45) is 4.29. The smallest absolute Gasteiger partial charge is 0.138 e. The first-order valence-corrected chi connectivity index (χ1v) is 7.83. The SMILES string of the molecule is CCc1nn(C)c(CC(=O)CCC2CCNC2)c1Br. The molecule has 0 spiro atoms. The van der Waals surface area contributed by atoms with Gasteiger partial charge in [0, 0.05) is 19.9 Å². The molecule has 1 N–H and O–H groups in total. The van der Waals surface area contributed by atoms with E-state index in [0.717, 1.165) is 41.8 Å². The largest absolute Gasteiger partial charge is 0.316 e. The van der Waals surface area contributed by atoms with Crippen LogP contribution in [0.5, 0.6) is 0 Å². The third-order valence-corrected chi connectivity index (χ3v) is 4.78. The second kappa shape index (κ2) is 6.66. The summed E-state index contributed by atoms with van der Waals surface area (Å²) < 4.78 is 2.84. The van der Waals surface area contributed by atoms with Crippen LogP contribution in [0.25, 0.3) is 0 Å². The molecule has 0 radical (unpaired) electrons. The van der Waals surface area contributed by atoms with E-state index in [1.54, 1.807) is 0 Å². The first kappa shape index (κ1) is 14.7. The van der Waals surface area contributed by atoms with E-state index in [0.29, 0.717) is 24.5 Å². The minimum Gasteiger partial charge on any atom is -0.316 e. The maximum atomic E-state index is 12.1. The van der Waals surface area contributed by atoms with E-state index in [4.69, 9.17) is 0 Å². The summed E-state index contributed by atoms with van der Waals surface area (Å²) in [7, 11) is 1.91. The third-order valence-electron chi connectivity index (χ3n) is 3.86. The molecule has 2 rings (SSSR count). The lowest BCUT2D eigenvalue weighted by Gasteiger charge is -2.07. The molecule has 1 saturated heterocycles. The lowest BCUT2D eigenvalue weighted by molar-refractivity contribution is -0.118. The molecule has 1 fully saturated rings. The minimum atomic E-state index is 0.318. The van der Waals surface area contributed by atoms with Gasteiger partial charge in [0.15, 0.2) is 0 Å². The molecular formula is C14H22BrN3O. The summed E-state index contributed by atoms with van der Waals surface area (Å²) in [5.74, 6) is 1.00. The molecule has 1 aliphatic rings. The number of hydrogen-bond donors (Lipinski definition) is 1. The number of rotatable bonds is 6. The second-order valence-electron chi connectivity index (χ2n) is 5.30. The Bertz CT molecular complexity index is 450. The van der Waals surface area contributed by atoms with Crippen LogP contribution >= 0.6 is 15.9 Å². The number of nitrogens with one attached hydrogen (secondary N) is 1. The molecule has 1 atom stereocenters. The fraction of sp³-hybridized carbons (Fsp3) is 0.714. The van der Waals surface area contributed by atoms with E-state index in [-0.39, 0.29) is 0 Å². The summed E-state index contributed by atoms with van der Waals surface area (Å²) >= 11 is 3.56. The van der Waals surface area contributed by atoms with E-state index in [2.05, 4.69) is 33.3 Å². The molecule has 0 bridgehead atoms. The standard InChI is InChI=1S/C14H22BrN3O/c1-3-12-14(15)13(18(2)17-12)8-11(19)5-4-10-6-7-16-9-10/h10,16H,3-9H2,1-2H3. The van der Waals surface area contributed by atoms with Crippen LogP contribution in [-0.4, -0.2) is 28.7 Å². The van der Waals surface area contributed by atoms with Gasteiger partial charge in [-0.3, -0.25) is 9.48 Å². The van der Waals surface area contributed by atoms with Gasteiger partial charge in [-0.15, -0.1) is 0 Å². The van der Waals surface area contributed by atoms with Crippen molar-refractivity contribution in [3.8, 4) is 0 Å². The Balaban J connectivity index is 1.89. The second-order valence-corrected chi connectivity index (χ2v) is 6.09. The van der Waals surface area contributed by atoms with Crippen molar-refractivity contribution in [3.05, 3.63) is 15.9 Å². The number of nitrogens with zero attached hydrogens (tertiary/aromatic N) is 2. The van der Waals surface area contributed by atoms with Gasteiger partial charge in [0.05, 0.1) is 15.9 Å². The monoisotopic (exact) mass is 327 g/mol. The van der Waals surface area contributed by atoms with Crippen molar-refractivity contribution < 1.29 is 4.79 Å². The number of aryl methyl sites for hydroxylation is 2. The fourth-order valence-electron chi connectivity index (χ4n) is 2.61. The fourth-order valence-corrected chi connectivity index (χ4v) is 3.37. The highest BCUT2D eigenvalue weighted by Gasteiger charge is 2.18. The molecule has 4 nitrogen and oxygen atoms in total. The van der Waals surface area contributed by atoms with E-state index in [1.807, 2.05) is 11.7 Å². The van der Waals surface area contributed by atoms with E-state index < -0.39 is 0 Å². The van der Waals surface area contributed by atoms with Crippen molar-refractivity contribution in [3.63, 3.8) is 0 Å². The molecule has 1 aromatic rings. The zero-order chi connectivity index (χ0) is 13.8. The maximum absolute atomic E-state index is 12.1.